The Morgan fingerprint density at radius 3 is 2.22 bits per heavy atom. The third-order valence-electron chi connectivity index (χ3n) is 5.15. The molecule has 0 spiro atoms. The second-order valence-electron chi connectivity index (χ2n) is 10.0. The number of nitrogens with zero attached hydrogens (tertiary/aromatic N) is 1. The van der Waals surface area contributed by atoms with Gasteiger partial charge in [-0.1, -0.05) is 38.5 Å². The first-order chi connectivity index (χ1) is 14.8. The largest absolute Gasteiger partial charge is 0.444 e. The van der Waals surface area contributed by atoms with E-state index in [1.165, 1.54) is 4.31 Å². The van der Waals surface area contributed by atoms with Gasteiger partial charge in [0, 0.05) is 19.1 Å². The van der Waals surface area contributed by atoms with Crippen molar-refractivity contribution in [2.45, 2.75) is 84.3 Å². The molecule has 1 unspecified atom stereocenters. The minimum atomic E-state index is -3.74. The van der Waals surface area contributed by atoms with E-state index in [-0.39, 0.29) is 17.4 Å². The van der Waals surface area contributed by atoms with Gasteiger partial charge in [-0.05, 0) is 70.9 Å². The highest BCUT2D eigenvalue weighted by molar-refractivity contribution is 7.89. The Morgan fingerprint density at radius 1 is 1.12 bits per heavy atom. The lowest BCUT2D eigenvalue weighted by molar-refractivity contribution is 0.0524. The normalized spacial score (nSPS) is 14.4. The molecule has 0 bridgehead atoms. The molecule has 2 atom stereocenters. The van der Waals surface area contributed by atoms with Gasteiger partial charge in [0.1, 0.15) is 5.60 Å². The Hall–Kier alpha value is -1.64. The minimum Gasteiger partial charge on any atom is -0.444 e. The number of nitrogens with one attached hydrogen (secondary N) is 1. The number of hydrogen-bond acceptors (Lipinski definition) is 5. The van der Waals surface area contributed by atoms with E-state index in [2.05, 4.69) is 19.2 Å². The number of benzene rings is 1. The molecule has 7 nitrogen and oxygen atoms in total. The maximum Gasteiger partial charge on any atom is 0.407 e. The second kappa shape index (κ2) is 12.6. The third kappa shape index (κ3) is 9.88. The first kappa shape index (κ1) is 28.4. The van der Waals surface area contributed by atoms with Crippen LogP contribution in [0.3, 0.4) is 0 Å². The van der Waals surface area contributed by atoms with Crippen LogP contribution >= 0.6 is 0 Å². The van der Waals surface area contributed by atoms with E-state index >= 15 is 0 Å². The molecule has 0 aliphatic heterocycles. The molecule has 0 radical (unpaired) electrons. The summed E-state index contributed by atoms with van der Waals surface area (Å²) in [5.41, 5.74) is 0.432. The van der Waals surface area contributed by atoms with E-state index < -0.39 is 27.8 Å². The number of hydrogen-bond donors (Lipinski definition) is 2. The number of aliphatic hydroxyl groups is 1. The fourth-order valence-corrected chi connectivity index (χ4v) is 4.97. The van der Waals surface area contributed by atoms with Crippen LogP contribution in [0.2, 0.25) is 0 Å². The lowest BCUT2D eigenvalue weighted by Crippen LogP contribution is -2.44. The van der Waals surface area contributed by atoms with Crippen molar-refractivity contribution in [2.24, 2.45) is 11.8 Å². The van der Waals surface area contributed by atoms with Gasteiger partial charge in [-0.3, -0.25) is 0 Å². The summed E-state index contributed by atoms with van der Waals surface area (Å²) < 4.78 is 33.5. The van der Waals surface area contributed by atoms with Gasteiger partial charge in [0.15, 0.2) is 0 Å². The van der Waals surface area contributed by atoms with Crippen LogP contribution in [0.1, 0.15) is 66.4 Å². The van der Waals surface area contributed by atoms with Crippen molar-refractivity contribution in [1.29, 1.82) is 0 Å². The highest BCUT2D eigenvalue weighted by Gasteiger charge is 2.32. The molecule has 1 amide bonds. The molecule has 0 aliphatic rings. The van der Waals surface area contributed by atoms with Gasteiger partial charge in [-0.2, -0.15) is 4.31 Å². The first-order valence-electron chi connectivity index (χ1n) is 11.4. The topological polar surface area (TPSA) is 95.9 Å². The standard InChI is InChI=1S/C24H42N2O5S/c1-18(2)13-15-26(32(29,30)22-10-8-19(3)9-11-22)21(17-27)16-20(4)12-14-25-23(28)31-24(5,6)7/h8-11,18,20-21,27H,12-17H2,1-7H3,(H,25,28)/t20?,21-/m0/s1. The van der Waals surface area contributed by atoms with E-state index in [4.69, 9.17) is 4.74 Å². The number of aliphatic hydroxyl groups excluding tert-OH is 1. The van der Waals surface area contributed by atoms with Crippen LogP contribution in [0.4, 0.5) is 4.79 Å². The Labute approximate surface area is 194 Å². The molecule has 0 aliphatic carbocycles. The molecule has 0 heterocycles. The first-order valence-corrected chi connectivity index (χ1v) is 12.9. The summed E-state index contributed by atoms with van der Waals surface area (Å²) >= 11 is 0. The van der Waals surface area contributed by atoms with Gasteiger partial charge in [-0.15, -0.1) is 0 Å². The molecule has 8 heteroatoms. The van der Waals surface area contributed by atoms with E-state index in [0.29, 0.717) is 38.3 Å². The highest BCUT2D eigenvalue weighted by Crippen LogP contribution is 2.24. The summed E-state index contributed by atoms with van der Waals surface area (Å²) in [6.45, 7) is 13.9. The summed E-state index contributed by atoms with van der Waals surface area (Å²) in [7, 11) is -3.74. The smallest absolute Gasteiger partial charge is 0.407 e. The Kier molecular flexibility index (Phi) is 11.1. The van der Waals surface area contributed by atoms with Crippen LogP contribution in [0, 0.1) is 18.8 Å². The average Bonchev–Trinajstić information content (AvgIpc) is 2.65. The van der Waals surface area contributed by atoms with Crippen LogP contribution in [0.5, 0.6) is 0 Å². The van der Waals surface area contributed by atoms with Crippen LogP contribution < -0.4 is 5.32 Å². The molecule has 0 fully saturated rings. The lowest BCUT2D eigenvalue weighted by Gasteiger charge is -2.32. The Balaban J connectivity index is 2.88. The quantitative estimate of drug-likeness (QED) is 0.474. The SMILES string of the molecule is Cc1ccc(S(=O)(=O)N(CCC(C)C)[C@H](CO)CC(C)CCNC(=O)OC(C)(C)C)cc1. The molecule has 184 valence electrons. The lowest BCUT2D eigenvalue weighted by atomic mass is 9.98. The van der Waals surface area contributed by atoms with Crippen molar-refractivity contribution >= 4 is 16.1 Å². The molecule has 2 N–H and O–H groups in total. The number of sulfonamides is 1. The number of aryl methyl sites for hydroxylation is 1. The van der Waals surface area contributed by atoms with Crippen molar-refractivity contribution in [3.63, 3.8) is 0 Å². The third-order valence-corrected chi connectivity index (χ3v) is 7.12. The van der Waals surface area contributed by atoms with Crippen molar-refractivity contribution in [2.75, 3.05) is 19.7 Å². The summed E-state index contributed by atoms with van der Waals surface area (Å²) in [6.07, 6.45) is 1.38. The predicted molar refractivity (Wildman–Crippen MR) is 128 cm³/mol. The summed E-state index contributed by atoms with van der Waals surface area (Å²) in [5, 5.41) is 12.8. The molecular formula is C24H42N2O5S. The maximum atomic E-state index is 13.4. The van der Waals surface area contributed by atoms with Crippen LogP contribution in [-0.4, -0.2) is 55.3 Å². The highest BCUT2D eigenvalue weighted by atomic mass is 32.2. The van der Waals surface area contributed by atoms with Gasteiger partial charge < -0.3 is 15.2 Å². The number of rotatable bonds is 12. The number of amides is 1. The molecule has 32 heavy (non-hydrogen) atoms. The van der Waals surface area contributed by atoms with E-state index in [0.717, 1.165) is 5.56 Å². The van der Waals surface area contributed by atoms with Gasteiger partial charge >= 0.3 is 6.09 Å². The zero-order valence-electron chi connectivity index (χ0n) is 20.7. The number of alkyl carbamates (subject to hydrolysis) is 1. The Bertz CT molecular complexity index is 801. The molecule has 0 saturated heterocycles. The van der Waals surface area contributed by atoms with Gasteiger partial charge in [0.05, 0.1) is 11.5 Å². The van der Waals surface area contributed by atoms with Crippen LogP contribution in [0.15, 0.2) is 29.2 Å². The van der Waals surface area contributed by atoms with E-state index in [9.17, 15) is 18.3 Å². The van der Waals surface area contributed by atoms with E-state index in [1.807, 2.05) is 13.8 Å². The molecule has 1 aromatic carbocycles. The van der Waals surface area contributed by atoms with Gasteiger partial charge in [0.25, 0.3) is 0 Å². The van der Waals surface area contributed by atoms with Crippen LogP contribution in [-0.2, 0) is 14.8 Å². The monoisotopic (exact) mass is 470 g/mol. The number of carbonyl (C=O) groups is 1. The fraction of sp³-hybridized carbons (Fsp3) is 0.708. The molecule has 0 saturated carbocycles. The fourth-order valence-electron chi connectivity index (χ4n) is 3.33. The summed E-state index contributed by atoms with van der Waals surface area (Å²) in [6, 6.07) is 6.28. The van der Waals surface area contributed by atoms with Gasteiger partial charge in [-0.25, -0.2) is 13.2 Å². The van der Waals surface area contributed by atoms with Crippen LogP contribution in [0.25, 0.3) is 0 Å². The molecule has 0 aromatic heterocycles. The number of carbonyl (C=O) groups excluding carboxylic acids is 1. The number of ether oxygens (including phenoxy) is 1. The second-order valence-corrected chi connectivity index (χ2v) is 11.9. The van der Waals surface area contributed by atoms with E-state index in [1.54, 1.807) is 45.0 Å². The molecular weight excluding hydrogens is 428 g/mol. The minimum absolute atomic E-state index is 0.0943. The Morgan fingerprint density at radius 2 is 1.72 bits per heavy atom. The van der Waals surface area contributed by atoms with Gasteiger partial charge in [0.2, 0.25) is 10.0 Å². The molecule has 1 rings (SSSR count). The predicted octanol–water partition coefficient (Wildman–Crippen LogP) is 4.33. The zero-order valence-corrected chi connectivity index (χ0v) is 21.5. The van der Waals surface area contributed by atoms with Crippen molar-refractivity contribution in [3.8, 4) is 0 Å². The maximum absolute atomic E-state index is 13.4. The molecule has 1 aromatic rings. The van der Waals surface area contributed by atoms with Crippen molar-refractivity contribution in [3.05, 3.63) is 29.8 Å². The zero-order chi connectivity index (χ0) is 24.5. The van der Waals surface area contributed by atoms with Crippen molar-refractivity contribution in [1.82, 2.24) is 9.62 Å². The summed E-state index contributed by atoms with van der Waals surface area (Å²) in [4.78, 5) is 12.1. The average molecular weight is 471 g/mol. The van der Waals surface area contributed by atoms with Crippen molar-refractivity contribution < 1.29 is 23.1 Å². The summed E-state index contributed by atoms with van der Waals surface area (Å²) in [5.74, 6) is 0.428.